The van der Waals surface area contributed by atoms with Crippen LogP contribution in [0.3, 0.4) is 0 Å². The molecule has 1 fully saturated rings. The van der Waals surface area contributed by atoms with Gasteiger partial charge < -0.3 is 95.9 Å². The Bertz CT molecular complexity index is 1750. The van der Waals surface area contributed by atoms with Crippen molar-refractivity contribution in [2.75, 3.05) is 141 Å². The predicted octanol–water partition coefficient (Wildman–Crippen LogP) is -6.76. The Morgan fingerprint density at radius 3 is 1.19 bits per heavy atom. The molecule has 0 bridgehead atoms. The Kier molecular flexibility index (Phi) is 38.6. The smallest absolute Gasteiger partial charge is 0.243 e. The molecule has 428 valence electrons. The highest BCUT2D eigenvalue weighted by molar-refractivity contribution is 5.94. The van der Waals surface area contributed by atoms with Gasteiger partial charge in [0, 0.05) is 54.2 Å². The van der Waals surface area contributed by atoms with Crippen molar-refractivity contribution in [2.45, 2.75) is 75.5 Å². The predicted molar refractivity (Wildman–Crippen MR) is 260 cm³/mol. The van der Waals surface area contributed by atoms with Gasteiger partial charge in [-0.2, -0.15) is 0 Å². The van der Waals surface area contributed by atoms with Crippen molar-refractivity contribution in [3.05, 3.63) is 0 Å². The van der Waals surface area contributed by atoms with E-state index in [1.165, 1.54) is 33.4 Å². The zero-order chi connectivity index (χ0) is 55.5. The van der Waals surface area contributed by atoms with Gasteiger partial charge in [0.05, 0.1) is 85.1 Å². The molecule has 0 saturated carbocycles. The maximum Gasteiger partial charge on any atom is 0.243 e. The lowest BCUT2D eigenvalue weighted by Crippen LogP contribution is -2.58. The zero-order valence-electron chi connectivity index (χ0n) is 43.3. The van der Waals surface area contributed by atoms with Crippen molar-refractivity contribution < 1.29 is 90.6 Å². The third kappa shape index (κ3) is 34.2. The number of aldehydes is 1. The molecule has 1 rings (SSSR count). The van der Waals surface area contributed by atoms with Crippen LogP contribution in [0.4, 0.5) is 0 Å². The van der Waals surface area contributed by atoms with Crippen LogP contribution >= 0.6 is 0 Å². The minimum Gasteiger partial charge on any atom is -0.382 e. The third-order valence-electron chi connectivity index (χ3n) is 10.3. The van der Waals surface area contributed by atoms with E-state index in [2.05, 4.69) is 58.6 Å². The Morgan fingerprint density at radius 2 is 0.800 bits per heavy atom. The molecule has 4 atom stereocenters. The fourth-order valence-electron chi connectivity index (χ4n) is 6.20. The average molecular weight is 1080 g/mol. The van der Waals surface area contributed by atoms with E-state index in [0.29, 0.717) is 38.9 Å². The Hall–Kier alpha value is -6.03. The van der Waals surface area contributed by atoms with Gasteiger partial charge >= 0.3 is 0 Å². The number of carbonyl (C=O) groups excluding carboxylic acids is 11. The molecule has 31 heteroatoms. The fourth-order valence-corrected chi connectivity index (χ4v) is 6.20. The van der Waals surface area contributed by atoms with Gasteiger partial charge in [0.1, 0.15) is 51.3 Å². The molecule has 0 spiro atoms. The summed E-state index contributed by atoms with van der Waals surface area (Å²) < 4.78 is 40.2. The Labute approximate surface area is 435 Å². The van der Waals surface area contributed by atoms with Crippen LogP contribution < -0.4 is 58.6 Å². The number of hydrazine groups is 1. The molecule has 0 aliphatic carbocycles. The standard InChI is InChI=1S/C44H78N12O19/c1-68-14-18-72-27-49-38(61)22-45-35(58)10-7-32(42(65)47-24-40(63)51-29-74-20-16-70-3)53-37(60)12-9-34(55-56-13-5-6-31(56)26-57)44(67)54-33(43(66)48-25-41(64)52-30-75-21-17-71-4)8-11-36(59)46-23-39(62)50-28-73-19-15-69-2/h26,31-34,55H,5-25,27-30H2,1-4H3,(H,45,58)(H,46,59)(H,47,65)(H,48,66)(H,49,61)(H,50,62)(H,51,63)(H,52,64)(H,53,60)(H,54,67)/t31-,32?,33?,34?/m0/s1. The van der Waals surface area contributed by atoms with Crippen molar-refractivity contribution in [3.8, 4) is 0 Å². The molecule has 75 heavy (non-hydrogen) atoms. The molecule has 0 aromatic carbocycles. The summed E-state index contributed by atoms with van der Waals surface area (Å²) in [5.74, 6) is -7.15. The molecule has 1 aliphatic rings. The number of rotatable bonds is 45. The van der Waals surface area contributed by atoms with Crippen LogP contribution in [0.2, 0.25) is 0 Å². The van der Waals surface area contributed by atoms with Crippen LogP contribution in [0.5, 0.6) is 0 Å². The molecule has 0 radical (unpaired) electrons. The van der Waals surface area contributed by atoms with Crippen LogP contribution in [0, 0.1) is 0 Å². The summed E-state index contributed by atoms with van der Waals surface area (Å²) in [5.41, 5.74) is 2.96. The first-order valence-corrected chi connectivity index (χ1v) is 24.2. The van der Waals surface area contributed by atoms with Gasteiger partial charge in [-0.3, -0.25) is 47.9 Å². The Balaban J connectivity index is 3.22. The molecule has 1 heterocycles. The zero-order valence-corrected chi connectivity index (χ0v) is 43.3. The highest BCUT2D eigenvalue weighted by Crippen LogP contribution is 2.15. The quantitative estimate of drug-likeness (QED) is 0.0153. The largest absolute Gasteiger partial charge is 0.382 e. The molecule has 1 aliphatic heterocycles. The summed E-state index contributed by atoms with van der Waals surface area (Å²) in [5, 5.41) is 26.0. The Morgan fingerprint density at radius 1 is 0.440 bits per heavy atom. The van der Waals surface area contributed by atoms with Gasteiger partial charge in [0.2, 0.25) is 59.1 Å². The van der Waals surface area contributed by atoms with E-state index in [-0.39, 0.29) is 92.2 Å². The van der Waals surface area contributed by atoms with Crippen molar-refractivity contribution in [2.24, 2.45) is 0 Å². The van der Waals surface area contributed by atoms with Crippen molar-refractivity contribution in [3.63, 3.8) is 0 Å². The second-order valence-corrected chi connectivity index (χ2v) is 16.1. The average Bonchev–Trinajstić information content (AvgIpc) is 3.86. The lowest BCUT2D eigenvalue weighted by Gasteiger charge is -2.29. The molecule has 1 saturated heterocycles. The lowest BCUT2D eigenvalue weighted by molar-refractivity contribution is -0.133. The van der Waals surface area contributed by atoms with Crippen LogP contribution in [0.15, 0.2) is 0 Å². The number of ether oxygens (including phenoxy) is 8. The van der Waals surface area contributed by atoms with Gasteiger partial charge in [0.15, 0.2) is 0 Å². The van der Waals surface area contributed by atoms with Crippen molar-refractivity contribution in [1.29, 1.82) is 0 Å². The normalized spacial score (nSPS) is 14.3. The van der Waals surface area contributed by atoms with Gasteiger partial charge in [-0.15, -0.1) is 0 Å². The van der Waals surface area contributed by atoms with E-state index in [9.17, 15) is 52.7 Å². The lowest BCUT2D eigenvalue weighted by atomic mass is 10.1. The molecule has 3 unspecified atom stereocenters. The van der Waals surface area contributed by atoms with E-state index in [0.717, 1.165) is 0 Å². The van der Waals surface area contributed by atoms with Crippen LogP contribution in [0.25, 0.3) is 0 Å². The van der Waals surface area contributed by atoms with Gasteiger partial charge in [0.25, 0.3) is 0 Å². The maximum absolute atomic E-state index is 14.2. The number of hydrogen-bond acceptors (Lipinski definition) is 21. The van der Waals surface area contributed by atoms with Gasteiger partial charge in [-0.05, 0) is 32.1 Å². The topological polar surface area (TPSA) is 397 Å². The number of nitrogens with zero attached hydrogens (tertiary/aromatic N) is 1. The van der Waals surface area contributed by atoms with Crippen LogP contribution in [-0.4, -0.2) is 235 Å². The number of carbonyl (C=O) groups is 11. The summed E-state index contributed by atoms with van der Waals surface area (Å²) in [6.07, 6.45) is -0.475. The molecule has 31 nitrogen and oxygen atoms in total. The molecule has 10 amide bonds. The van der Waals surface area contributed by atoms with E-state index in [4.69, 9.17) is 37.9 Å². The number of amides is 10. The molecule has 0 aromatic heterocycles. The molecular weight excluding hydrogens is 1000 g/mol. The monoisotopic (exact) mass is 1080 g/mol. The van der Waals surface area contributed by atoms with Crippen LogP contribution in [-0.2, 0) is 90.6 Å². The molecule has 11 N–H and O–H groups in total. The first-order valence-electron chi connectivity index (χ1n) is 24.2. The second kappa shape index (κ2) is 43.2. The third-order valence-corrected chi connectivity index (χ3v) is 10.3. The van der Waals surface area contributed by atoms with E-state index >= 15 is 0 Å². The molecular formula is C44H78N12O19. The summed E-state index contributed by atoms with van der Waals surface area (Å²) in [4.78, 5) is 142. The summed E-state index contributed by atoms with van der Waals surface area (Å²) >= 11 is 0. The fraction of sp³-hybridized carbons (Fsp3) is 0.750. The highest BCUT2D eigenvalue weighted by Gasteiger charge is 2.32. The molecule has 0 aromatic rings. The minimum atomic E-state index is -1.47. The van der Waals surface area contributed by atoms with E-state index < -0.39 is 122 Å². The van der Waals surface area contributed by atoms with Crippen molar-refractivity contribution in [1.82, 2.24) is 63.6 Å². The number of methoxy groups -OCH3 is 4. The summed E-state index contributed by atoms with van der Waals surface area (Å²) in [7, 11) is 5.91. The summed E-state index contributed by atoms with van der Waals surface area (Å²) in [6, 6.07) is -4.86. The van der Waals surface area contributed by atoms with E-state index in [1.807, 2.05) is 0 Å². The summed E-state index contributed by atoms with van der Waals surface area (Å²) in [6.45, 7) is -0.322. The maximum atomic E-state index is 14.2. The van der Waals surface area contributed by atoms with Crippen LogP contribution in [0.1, 0.15) is 51.4 Å². The van der Waals surface area contributed by atoms with Crippen molar-refractivity contribution >= 4 is 65.4 Å². The number of nitrogens with one attached hydrogen (secondary N) is 11. The highest BCUT2D eigenvalue weighted by atomic mass is 16.5. The van der Waals surface area contributed by atoms with Gasteiger partial charge in [-0.25, -0.2) is 10.4 Å². The first-order chi connectivity index (χ1) is 36.2. The first kappa shape index (κ1) is 67.0. The minimum absolute atomic E-state index is 0.134. The number of hydrogen-bond donors (Lipinski definition) is 11. The van der Waals surface area contributed by atoms with E-state index in [1.54, 1.807) is 0 Å². The SMILES string of the molecule is COCCOCNC(=O)CNC(=O)CCC(NC(=O)CCC(NN1CCC[C@H]1C=O)C(=O)NC(CCC(=O)NCC(=O)NCOCCOC)C(=O)NCC(=O)NCOCCOC)C(=O)NCC(=O)NCOCCOC. The van der Waals surface area contributed by atoms with Gasteiger partial charge in [-0.1, -0.05) is 0 Å². The second-order valence-electron chi connectivity index (χ2n) is 16.1.